The molecule has 0 radical (unpaired) electrons. The van der Waals surface area contributed by atoms with E-state index in [1.807, 2.05) is 17.7 Å². The molecule has 2 rings (SSSR count). The first-order valence-electron chi connectivity index (χ1n) is 5.50. The first-order valence-corrected chi connectivity index (χ1v) is 6.82. The Bertz CT molecular complexity index is 575. The average molecular weight is 281 g/mol. The van der Waals surface area contributed by atoms with E-state index in [0.717, 1.165) is 16.7 Å². The summed E-state index contributed by atoms with van der Waals surface area (Å²) in [6.07, 6.45) is 0.307. The van der Waals surface area contributed by atoms with Crippen molar-refractivity contribution in [2.45, 2.75) is 13.3 Å². The van der Waals surface area contributed by atoms with E-state index in [9.17, 15) is 4.79 Å². The van der Waals surface area contributed by atoms with Crippen LogP contribution in [0.2, 0.25) is 5.02 Å². The lowest BCUT2D eigenvalue weighted by Crippen LogP contribution is -2.05. The fraction of sp³-hybridized carbons (Fsp3) is 0.214. The lowest BCUT2D eigenvalue weighted by molar-refractivity contribution is 0.0992. The third-order valence-corrected chi connectivity index (χ3v) is 3.85. The molecule has 0 bridgehead atoms. The highest BCUT2D eigenvalue weighted by molar-refractivity contribution is 7.08. The summed E-state index contributed by atoms with van der Waals surface area (Å²) in [5.41, 5.74) is 2.62. The number of methoxy groups -OCH3 is 1. The summed E-state index contributed by atoms with van der Waals surface area (Å²) in [7, 11) is 1.59. The zero-order valence-corrected chi connectivity index (χ0v) is 11.8. The normalized spacial score (nSPS) is 10.4. The fourth-order valence-corrected chi connectivity index (χ4v) is 2.85. The summed E-state index contributed by atoms with van der Waals surface area (Å²) < 4.78 is 5.24. The second-order valence-corrected chi connectivity index (χ2v) is 5.20. The van der Waals surface area contributed by atoms with Gasteiger partial charge in [0.2, 0.25) is 0 Å². The van der Waals surface area contributed by atoms with Crippen molar-refractivity contribution in [3.05, 3.63) is 50.7 Å². The molecule has 0 fully saturated rings. The van der Waals surface area contributed by atoms with Gasteiger partial charge in [0.05, 0.1) is 7.11 Å². The SMILES string of the molecule is COc1ccc(Cl)cc1CC(=O)c1cscc1C. The minimum atomic E-state index is 0.0920. The Morgan fingerprint density at radius 3 is 2.78 bits per heavy atom. The van der Waals surface area contributed by atoms with E-state index < -0.39 is 0 Å². The Hall–Kier alpha value is -1.32. The van der Waals surface area contributed by atoms with Gasteiger partial charge in [-0.25, -0.2) is 0 Å². The van der Waals surface area contributed by atoms with Crippen LogP contribution >= 0.6 is 22.9 Å². The quantitative estimate of drug-likeness (QED) is 0.787. The molecule has 94 valence electrons. The number of carbonyl (C=O) groups is 1. The molecule has 0 saturated heterocycles. The second kappa shape index (κ2) is 5.55. The number of Topliss-reactive ketones (excluding diaryl/α,β-unsaturated/α-hetero) is 1. The molecular weight excluding hydrogens is 268 g/mol. The fourth-order valence-electron chi connectivity index (χ4n) is 1.80. The van der Waals surface area contributed by atoms with E-state index in [2.05, 4.69) is 0 Å². The molecule has 0 N–H and O–H groups in total. The van der Waals surface area contributed by atoms with Gasteiger partial charge in [-0.2, -0.15) is 11.3 Å². The first-order chi connectivity index (χ1) is 8.61. The maximum atomic E-state index is 12.2. The molecule has 18 heavy (non-hydrogen) atoms. The van der Waals surface area contributed by atoms with Gasteiger partial charge in [-0.1, -0.05) is 11.6 Å². The molecule has 2 nitrogen and oxygen atoms in total. The van der Waals surface area contributed by atoms with Crippen molar-refractivity contribution in [2.75, 3.05) is 7.11 Å². The monoisotopic (exact) mass is 280 g/mol. The predicted octanol–water partition coefficient (Wildman–Crippen LogP) is 4.14. The maximum Gasteiger partial charge on any atom is 0.168 e. The zero-order chi connectivity index (χ0) is 13.1. The summed E-state index contributed by atoms with van der Waals surface area (Å²) >= 11 is 7.49. The van der Waals surface area contributed by atoms with E-state index in [1.165, 1.54) is 0 Å². The number of hydrogen-bond acceptors (Lipinski definition) is 3. The highest BCUT2D eigenvalue weighted by Gasteiger charge is 2.13. The predicted molar refractivity (Wildman–Crippen MR) is 75.1 cm³/mol. The third kappa shape index (κ3) is 2.74. The molecule has 1 aromatic heterocycles. The van der Waals surface area contributed by atoms with Crippen molar-refractivity contribution < 1.29 is 9.53 Å². The summed E-state index contributed by atoms with van der Waals surface area (Å²) in [5.74, 6) is 0.787. The molecule has 1 heterocycles. The highest BCUT2D eigenvalue weighted by atomic mass is 35.5. The Morgan fingerprint density at radius 1 is 1.39 bits per heavy atom. The smallest absolute Gasteiger partial charge is 0.168 e. The van der Waals surface area contributed by atoms with Crippen LogP contribution in [0.5, 0.6) is 5.75 Å². The van der Waals surface area contributed by atoms with Gasteiger partial charge in [0.1, 0.15) is 5.75 Å². The number of aryl methyl sites for hydroxylation is 1. The van der Waals surface area contributed by atoms with Crippen LogP contribution in [0.1, 0.15) is 21.5 Å². The third-order valence-electron chi connectivity index (χ3n) is 2.75. The lowest BCUT2D eigenvalue weighted by Gasteiger charge is -2.08. The molecule has 0 aliphatic carbocycles. The molecule has 1 aromatic carbocycles. The second-order valence-electron chi connectivity index (χ2n) is 4.02. The number of rotatable bonds is 4. The standard InChI is InChI=1S/C14H13ClO2S/c1-9-7-18-8-12(9)13(16)6-10-5-11(15)3-4-14(10)17-2/h3-5,7-8H,6H2,1-2H3. The molecule has 0 amide bonds. The number of hydrogen-bond donors (Lipinski definition) is 0. The Morgan fingerprint density at radius 2 is 2.17 bits per heavy atom. The minimum absolute atomic E-state index is 0.0920. The number of benzene rings is 1. The molecule has 0 atom stereocenters. The van der Waals surface area contributed by atoms with Gasteiger partial charge in [-0.15, -0.1) is 0 Å². The van der Waals surface area contributed by atoms with E-state index in [-0.39, 0.29) is 5.78 Å². The summed E-state index contributed by atoms with van der Waals surface area (Å²) in [5, 5.41) is 4.47. The number of halogens is 1. The van der Waals surface area contributed by atoms with E-state index in [1.54, 1.807) is 36.6 Å². The van der Waals surface area contributed by atoms with Crippen molar-refractivity contribution in [1.82, 2.24) is 0 Å². The lowest BCUT2D eigenvalue weighted by atomic mass is 10.0. The zero-order valence-electron chi connectivity index (χ0n) is 10.2. The van der Waals surface area contributed by atoms with Gasteiger partial charge in [0.15, 0.2) is 5.78 Å². The maximum absolute atomic E-state index is 12.2. The van der Waals surface area contributed by atoms with E-state index in [4.69, 9.17) is 16.3 Å². The molecule has 0 aliphatic heterocycles. The minimum Gasteiger partial charge on any atom is -0.496 e. The van der Waals surface area contributed by atoms with Gasteiger partial charge in [-0.05, 0) is 36.1 Å². The van der Waals surface area contributed by atoms with Gasteiger partial charge < -0.3 is 4.74 Å². The van der Waals surface area contributed by atoms with Crippen LogP contribution < -0.4 is 4.74 Å². The summed E-state index contributed by atoms with van der Waals surface area (Å²) in [6.45, 7) is 1.94. The van der Waals surface area contributed by atoms with Crippen LogP contribution in [0, 0.1) is 6.92 Å². The topological polar surface area (TPSA) is 26.3 Å². The molecule has 0 unspecified atom stereocenters. The van der Waals surface area contributed by atoms with Crippen LogP contribution in [-0.4, -0.2) is 12.9 Å². The van der Waals surface area contributed by atoms with Crippen molar-refractivity contribution in [1.29, 1.82) is 0 Å². The molecule has 0 spiro atoms. The van der Waals surface area contributed by atoms with E-state index >= 15 is 0 Å². The van der Waals surface area contributed by atoms with Crippen LogP contribution in [0.3, 0.4) is 0 Å². The molecule has 0 aliphatic rings. The van der Waals surface area contributed by atoms with Crippen molar-refractivity contribution >= 4 is 28.7 Å². The van der Waals surface area contributed by atoms with Gasteiger partial charge in [0, 0.05) is 28.0 Å². The number of carbonyl (C=O) groups excluding carboxylic acids is 1. The number of thiophene rings is 1. The van der Waals surface area contributed by atoms with Crippen LogP contribution in [0.25, 0.3) is 0 Å². The van der Waals surface area contributed by atoms with Crippen LogP contribution in [-0.2, 0) is 6.42 Å². The number of ketones is 1. The Labute approximate surface area is 115 Å². The van der Waals surface area contributed by atoms with Gasteiger partial charge in [0.25, 0.3) is 0 Å². The van der Waals surface area contributed by atoms with Crippen molar-refractivity contribution in [2.24, 2.45) is 0 Å². The van der Waals surface area contributed by atoms with Crippen molar-refractivity contribution in [3.63, 3.8) is 0 Å². The van der Waals surface area contributed by atoms with Gasteiger partial charge >= 0.3 is 0 Å². The largest absolute Gasteiger partial charge is 0.496 e. The average Bonchev–Trinajstić information content (AvgIpc) is 2.76. The molecule has 2 aromatic rings. The Balaban J connectivity index is 2.27. The van der Waals surface area contributed by atoms with E-state index in [0.29, 0.717) is 17.2 Å². The Kier molecular flexibility index (Phi) is 4.04. The van der Waals surface area contributed by atoms with Crippen LogP contribution in [0.4, 0.5) is 0 Å². The van der Waals surface area contributed by atoms with Crippen molar-refractivity contribution in [3.8, 4) is 5.75 Å². The molecule has 0 saturated carbocycles. The summed E-state index contributed by atoms with van der Waals surface area (Å²) in [6, 6.07) is 5.32. The first kappa shape index (κ1) is 13.1. The van der Waals surface area contributed by atoms with Gasteiger partial charge in [-0.3, -0.25) is 4.79 Å². The summed E-state index contributed by atoms with van der Waals surface area (Å²) in [4.78, 5) is 12.2. The van der Waals surface area contributed by atoms with Crippen LogP contribution in [0.15, 0.2) is 29.0 Å². The number of ether oxygens (including phenoxy) is 1. The molecule has 4 heteroatoms. The molecular formula is C14H13ClO2S. The highest BCUT2D eigenvalue weighted by Crippen LogP contribution is 2.25.